The molecule has 0 unspecified atom stereocenters. The van der Waals surface area contributed by atoms with E-state index >= 15 is 0 Å². The van der Waals surface area contributed by atoms with E-state index in [4.69, 9.17) is 6.42 Å². The Bertz CT molecular complexity index is 900. The monoisotopic (exact) mass is 346 g/mol. The molecule has 0 bridgehead atoms. The van der Waals surface area contributed by atoms with Crippen LogP contribution in [0.3, 0.4) is 0 Å². The summed E-state index contributed by atoms with van der Waals surface area (Å²) in [6, 6.07) is 9.60. The number of amides is 1. The molecule has 0 aromatic heterocycles. The van der Waals surface area contributed by atoms with Gasteiger partial charge in [0.05, 0.1) is 17.1 Å². The molecule has 2 aromatic carbocycles. The maximum Gasteiger partial charge on any atom is 0.255 e. The van der Waals surface area contributed by atoms with Crippen molar-refractivity contribution in [3.05, 3.63) is 59.4 Å². The number of rotatable bonds is 5. The van der Waals surface area contributed by atoms with Crippen LogP contribution in [0.2, 0.25) is 0 Å². The number of benzene rings is 2. The highest BCUT2D eigenvalue weighted by atomic mass is 32.2. The fourth-order valence-corrected chi connectivity index (χ4v) is 2.87. The number of nitrogens with one attached hydrogen (secondary N) is 2. The van der Waals surface area contributed by atoms with Gasteiger partial charge in [-0.25, -0.2) is 12.8 Å². The smallest absolute Gasteiger partial charge is 0.255 e. The Labute approximate surface area is 139 Å². The van der Waals surface area contributed by atoms with E-state index in [1.165, 1.54) is 36.4 Å². The lowest BCUT2D eigenvalue weighted by atomic mass is 10.2. The van der Waals surface area contributed by atoms with Gasteiger partial charge in [0.25, 0.3) is 5.91 Å². The van der Waals surface area contributed by atoms with Crippen LogP contribution in [-0.4, -0.2) is 20.9 Å². The molecular weight excluding hydrogens is 331 g/mol. The van der Waals surface area contributed by atoms with E-state index in [0.29, 0.717) is 0 Å². The van der Waals surface area contributed by atoms with E-state index in [9.17, 15) is 17.6 Å². The van der Waals surface area contributed by atoms with Crippen molar-refractivity contribution < 1.29 is 17.6 Å². The van der Waals surface area contributed by atoms with Gasteiger partial charge in [0.2, 0.25) is 10.0 Å². The van der Waals surface area contributed by atoms with Crippen LogP contribution in [0.15, 0.2) is 47.4 Å². The minimum atomic E-state index is -3.72. The van der Waals surface area contributed by atoms with Crippen molar-refractivity contribution in [2.75, 3.05) is 11.9 Å². The molecule has 24 heavy (non-hydrogen) atoms. The van der Waals surface area contributed by atoms with E-state index < -0.39 is 21.7 Å². The number of carbonyl (C=O) groups is 1. The summed E-state index contributed by atoms with van der Waals surface area (Å²) in [5.41, 5.74) is 1.06. The van der Waals surface area contributed by atoms with Crippen molar-refractivity contribution in [1.29, 1.82) is 0 Å². The van der Waals surface area contributed by atoms with Crippen molar-refractivity contribution in [2.24, 2.45) is 0 Å². The highest BCUT2D eigenvalue weighted by Gasteiger charge is 2.15. The lowest BCUT2D eigenvalue weighted by Gasteiger charge is -2.08. The van der Waals surface area contributed by atoms with Gasteiger partial charge in [0.15, 0.2) is 0 Å². The van der Waals surface area contributed by atoms with Gasteiger partial charge in [0, 0.05) is 5.56 Å². The molecule has 0 saturated carbocycles. The number of aryl methyl sites for hydroxylation is 1. The number of anilines is 1. The predicted octanol–water partition coefficient (Wildman–Crippen LogP) is 2.30. The lowest BCUT2D eigenvalue weighted by molar-refractivity contribution is 0.102. The molecular formula is C17H15FN2O3S. The Balaban J connectivity index is 2.17. The van der Waals surface area contributed by atoms with E-state index in [1.807, 2.05) is 0 Å². The molecule has 0 heterocycles. The quantitative estimate of drug-likeness (QED) is 0.816. The number of terminal acetylenes is 1. The van der Waals surface area contributed by atoms with Crippen molar-refractivity contribution in [3.8, 4) is 12.3 Å². The summed E-state index contributed by atoms with van der Waals surface area (Å²) in [5.74, 6) is 1.08. The molecule has 0 aliphatic heterocycles. The van der Waals surface area contributed by atoms with Gasteiger partial charge in [-0.1, -0.05) is 12.0 Å². The third-order valence-electron chi connectivity index (χ3n) is 3.16. The van der Waals surface area contributed by atoms with Crippen LogP contribution in [0.25, 0.3) is 0 Å². The van der Waals surface area contributed by atoms with Crippen LogP contribution in [-0.2, 0) is 10.0 Å². The Morgan fingerprint density at radius 2 is 1.88 bits per heavy atom. The van der Waals surface area contributed by atoms with Crippen LogP contribution in [0.4, 0.5) is 10.1 Å². The zero-order valence-corrected chi connectivity index (χ0v) is 13.7. The van der Waals surface area contributed by atoms with Crippen LogP contribution >= 0.6 is 0 Å². The average Bonchev–Trinajstić information content (AvgIpc) is 2.56. The molecule has 0 radical (unpaired) electrons. The van der Waals surface area contributed by atoms with Crippen molar-refractivity contribution in [3.63, 3.8) is 0 Å². The van der Waals surface area contributed by atoms with Crippen LogP contribution in [0.1, 0.15) is 15.9 Å². The molecule has 2 N–H and O–H groups in total. The third kappa shape index (κ3) is 4.19. The predicted molar refractivity (Wildman–Crippen MR) is 89.6 cm³/mol. The summed E-state index contributed by atoms with van der Waals surface area (Å²) in [4.78, 5) is 12.1. The molecule has 0 spiro atoms. The second-order valence-electron chi connectivity index (χ2n) is 4.99. The van der Waals surface area contributed by atoms with Gasteiger partial charge in [-0.05, 0) is 48.9 Å². The summed E-state index contributed by atoms with van der Waals surface area (Å²) >= 11 is 0. The highest BCUT2D eigenvalue weighted by Crippen LogP contribution is 2.17. The molecule has 0 saturated heterocycles. The first-order valence-electron chi connectivity index (χ1n) is 6.94. The van der Waals surface area contributed by atoms with Gasteiger partial charge >= 0.3 is 0 Å². The maximum atomic E-state index is 13.7. The van der Waals surface area contributed by atoms with E-state index in [-0.39, 0.29) is 22.7 Å². The van der Waals surface area contributed by atoms with Gasteiger partial charge in [-0.2, -0.15) is 4.72 Å². The molecule has 0 aliphatic carbocycles. The van der Waals surface area contributed by atoms with Crippen LogP contribution in [0.5, 0.6) is 0 Å². The molecule has 0 fully saturated rings. The summed E-state index contributed by atoms with van der Waals surface area (Å²) in [7, 11) is -3.72. The fourth-order valence-electron chi connectivity index (χ4n) is 1.93. The zero-order valence-electron chi connectivity index (χ0n) is 12.8. The standard InChI is InChI=1S/C17H15FN2O3S/c1-3-10-19-24(22,23)14-7-5-13(6-8-14)17(21)20-16-11-12(2)4-9-15(16)18/h1,4-9,11,19H,10H2,2H3,(H,20,21). The molecule has 1 amide bonds. The lowest BCUT2D eigenvalue weighted by Crippen LogP contribution is -2.24. The molecule has 5 nitrogen and oxygen atoms in total. The Kier molecular flexibility index (Phi) is 5.34. The molecule has 2 aromatic rings. The number of sulfonamides is 1. The Morgan fingerprint density at radius 3 is 2.50 bits per heavy atom. The third-order valence-corrected chi connectivity index (χ3v) is 4.58. The number of hydrogen-bond donors (Lipinski definition) is 2. The number of halogens is 1. The highest BCUT2D eigenvalue weighted by molar-refractivity contribution is 7.89. The second kappa shape index (κ2) is 7.25. The van der Waals surface area contributed by atoms with Crippen molar-refractivity contribution in [1.82, 2.24) is 4.72 Å². The van der Waals surface area contributed by atoms with Gasteiger partial charge in [0.1, 0.15) is 5.82 Å². The second-order valence-corrected chi connectivity index (χ2v) is 6.76. The topological polar surface area (TPSA) is 75.3 Å². The van der Waals surface area contributed by atoms with Crippen molar-refractivity contribution in [2.45, 2.75) is 11.8 Å². The molecule has 0 aliphatic rings. The van der Waals surface area contributed by atoms with Crippen molar-refractivity contribution >= 4 is 21.6 Å². The Hall–Kier alpha value is -2.69. The summed E-state index contributed by atoms with van der Waals surface area (Å²) in [6.07, 6.45) is 5.01. The normalized spacial score (nSPS) is 10.9. The SMILES string of the molecule is C#CCNS(=O)(=O)c1ccc(C(=O)Nc2cc(C)ccc2F)cc1. The first-order valence-corrected chi connectivity index (χ1v) is 8.42. The summed E-state index contributed by atoms with van der Waals surface area (Å²) in [5, 5.41) is 2.45. The molecule has 0 atom stereocenters. The molecule has 7 heteroatoms. The van der Waals surface area contributed by atoms with Gasteiger partial charge in [-0.3, -0.25) is 4.79 Å². The maximum absolute atomic E-state index is 13.7. The van der Waals surface area contributed by atoms with Gasteiger partial charge < -0.3 is 5.32 Å². The Morgan fingerprint density at radius 1 is 1.21 bits per heavy atom. The summed E-state index contributed by atoms with van der Waals surface area (Å²) < 4.78 is 39.7. The van der Waals surface area contributed by atoms with Crippen LogP contribution in [0, 0.1) is 25.1 Å². The summed E-state index contributed by atoms with van der Waals surface area (Å²) in [6.45, 7) is 1.65. The van der Waals surface area contributed by atoms with Crippen LogP contribution < -0.4 is 10.0 Å². The van der Waals surface area contributed by atoms with E-state index in [0.717, 1.165) is 5.56 Å². The van der Waals surface area contributed by atoms with Gasteiger partial charge in [-0.15, -0.1) is 6.42 Å². The molecule has 124 valence electrons. The fraction of sp³-hybridized carbons (Fsp3) is 0.118. The van der Waals surface area contributed by atoms with E-state index in [1.54, 1.807) is 13.0 Å². The first-order chi connectivity index (χ1) is 11.3. The molecule has 2 rings (SSSR count). The first kappa shape index (κ1) is 17.7. The van der Waals surface area contributed by atoms with E-state index in [2.05, 4.69) is 16.0 Å². The zero-order chi connectivity index (χ0) is 17.7. The minimum Gasteiger partial charge on any atom is -0.319 e. The number of carbonyl (C=O) groups excluding carboxylic acids is 1. The number of hydrogen-bond acceptors (Lipinski definition) is 3. The minimum absolute atomic E-state index is 0.0176. The largest absolute Gasteiger partial charge is 0.319 e. The average molecular weight is 346 g/mol.